The molecule has 21 heavy (non-hydrogen) atoms. The molecule has 1 N–H and O–H groups in total. The smallest absolute Gasteiger partial charge is 0.123 e. The topological polar surface area (TPSA) is 12.0 Å². The summed E-state index contributed by atoms with van der Waals surface area (Å²) in [6.45, 7) is 8.76. The highest BCUT2D eigenvalue weighted by molar-refractivity contribution is 5.24. The monoisotopic (exact) mass is 285 g/mol. The zero-order chi connectivity index (χ0) is 15.5. The van der Waals surface area contributed by atoms with E-state index in [0.29, 0.717) is 0 Å². The summed E-state index contributed by atoms with van der Waals surface area (Å²) in [7, 11) is 0. The van der Waals surface area contributed by atoms with Gasteiger partial charge in [-0.3, -0.25) is 0 Å². The summed E-state index contributed by atoms with van der Waals surface area (Å²) in [6.07, 6.45) is 0. The highest BCUT2D eigenvalue weighted by Crippen LogP contribution is 2.34. The predicted octanol–water partition coefficient (Wildman–Crippen LogP) is 5.26. The number of halogens is 1. The molecule has 2 rings (SSSR count). The van der Waals surface area contributed by atoms with Crippen molar-refractivity contribution in [3.63, 3.8) is 0 Å². The van der Waals surface area contributed by atoms with E-state index in [0.717, 1.165) is 5.56 Å². The van der Waals surface area contributed by atoms with Gasteiger partial charge in [-0.25, -0.2) is 4.39 Å². The van der Waals surface area contributed by atoms with Crippen molar-refractivity contribution < 1.29 is 4.39 Å². The quantitative estimate of drug-likeness (QED) is 0.807. The Balaban J connectivity index is 2.24. The lowest BCUT2D eigenvalue weighted by Crippen LogP contribution is -2.34. The van der Waals surface area contributed by atoms with Crippen LogP contribution >= 0.6 is 0 Å². The molecule has 0 aliphatic heterocycles. The lowest BCUT2D eigenvalue weighted by molar-refractivity contribution is 0.254. The first-order valence-corrected chi connectivity index (χ1v) is 7.44. The standard InChI is InChI=1S/C19H24FN/c1-14(15-8-6-5-7-9-15)21-18(19(2,3)4)16-10-12-17(20)13-11-16/h5-14,18,21H,1-4H3. The van der Waals surface area contributed by atoms with Crippen molar-refractivity contribution in [3.05, 3.63) is 71.5 Å². The molecule has 2 atom stereocenters. The summed E-state index contributed by atoms with van der Waals surface area (Å²) in [6, 6.07) is 17.6. The minimum Gasteiger partial charge on any atom is -0.303 e. The summed E-state index contributed by atoms with van der Waals surface area (Å²) < 4.78 is 13.2. The maximum atomic E-state index is 13.2. The number of hydrogen-bond donors (Lipinski definition) is 1. The Morgan fingerprint density at radius 2 is 1.43 bits per heavy atom. The summed E-state index contributed by atoms with van der Waals surface area (Å²) in [5, 5.41) is 3.69. The molecule has 0 amide bonds. The van der Waals surface area contributed by atoms with Crippen molar-refractivity contribution in [1.82, 2.24) is 5.32 Å². The Labute approximate surface area is 127 Å². The van der Waals surface area contributed by atoms with Gasteiger partial charge in [0.05, 0.1) is 0 Å². The van der Waals surface area contributed by atoms with E-state index < -0.39 is 0 Å². The summed E-state index contributed by atoms with van der Waals surface area (Å²) in [5.41, 5.74) is 2.42. The van der Waals surface area contributed by atoms with Crippen LogP contribution in [0.4, 0.5) is 4.39 Å². The Morgan fingerprint density at radius 3 is 1.95 bits per heavy atom. The van der Waals surface area contributed by atoms with Gasteiger partial charge in [0, 0.05) is 12.1 Å². The third-order valence-corrected chi connectivity index (χ3v) is 3.79. The van der Waals surface area contributed by atoms with Crippen LogP contribution in [0.2, 0.25) is 0 Å². The highest BCUT2D eigenvalue weighted by Gasteiger charge is 2.27. The van der Waals surface area contributed by atoms with Gasteiger partial charge in [-0.15, -0.1) is 0 Å². The van der Waals surface area contributed by atoms with Crippen LogP contribution in [0.1, 0.15) is 50.9 Å². The molecule has 2 aromatic rings. The molecule has 0 fully saturated rings. The fourth-order valence-electron chi connectivity index (χ4n) is 2.59. The van der Waals surface area contributed by atoms with Gasteiger partial charge >= 0.3 is 0 Å². The molecule has 0 aliphatic rings. The van der Waals surface area contributed by atoms with Crippen molar-refractivity contribution in [2.75, 3.05) is 0 Å². The maximum Gasteiger partial charge on any atom is 0.123 e. The van der Waals surface area contributed by atoms with Crippen LogP contribution in [0.5, 0.6) is 0 Å². The SMILES string of the molecule is CC(NC(c1ccc(F)cc1)C(C)(C)C)c1ccccc1. The molecule has 2 aromatic carbocycles. The molecule has 112 valence electrons. The van der Waals surface area contributed by atoms with Gasteiger partial charge in [0.2, 0.25) is 0 Å². The second-order valence-electron chi connectivity index (χ2n) is 6.65. The van der Waals surface area contributed by atoms with Crippen molar-refractivity contribution in [2.24, 2.45) is 5.41 Å². The first-order chi connectivity index (χ1) is 9.88. The van der Waals surface area contributed by atoms with Crippen LogP contribution in [0.15, 0.2) is 54.6 Å². The third kappa shape index (κ3) is 4.15. The van der Waals surface area contributed by atoms with Crippen LogP contribution in [0.25, 0.3) is 0 Å². The van der Waals surface area contributed by atoms with Crippen molar-refractivity contribution in [2.45, 2.75) is 39.8 Å². The average Bonchev–Trinajstić information content (AvgIpc) is 2.45. The zero-order valence-electron chi connectivity index (χ0n) is 13.2. The van der Waals surface area contributed by atoms with Crippen LogP contribution in [-0.4, -0.2) is 0 Å². The van der Waals surface area contributed by atoms with E-state index in [1.165, 1.54) is 17.7 Å². The maximum absolute atomic E-state index is 13.2. The van der Waals surface area contributed by atoms with E-state index in [2.05, 4.69) is 57.3 Å². The Kier molecular flexibility index (Phi) is 4.79. The first-order valence-electron chi connectivity index (χ1n) is 7.44. The molecule has 0 aliphatic carbocycles. The molecule has 1 nitrogen and oxygen atoms in total. The minimum absolute atomic E-state index is 0.0425. The second kappa shape index (κ2) is 6.40. The zero-order valence-corrected chi connectivity index (χ0v) is 13.2. The molecule has 0 saturated heterocycles. The molecule has 2 unspecified atom stereocenters. The predicted molar refractivity (Wildman–Crippen MR) is 86.6 cm³/mol. The normalized spacial score (nSPS) is 14.7. The lowest BCUT2D eigenvalue weighted by Gasteiger charge is -2.34. The average molecular weight is 285 g/mol. The van der Waals surface area contributed by atoms with Gasteiger partial charge in [-0.2, -0.15) is 0 Å². The van der Waals surface area contributed by atoms with E-state index >= 15 is 0 Å². The second-order valence-corrected chi connectivity index (χ2v) is 6.65. The molecule has 0 radical (unpaired) electrons. The molecular weight excluding hydrogens is 261 g/mol. The Morgan fingerprint density at radius 1 is 0.857 bits per heavy atom. The summed E-state index contributed by atoms with van der Waals surface area (Å²) >= 11 is 0. The molecular formula is C19H24FN. The van der Waals surface area contributed by atoms with Gasteiger partial charge in [-0.1, -0.05) is 63.2 Å². The minimum atomic E-state index is -0.192. The Hall–Kier alpha value is -1.67. The van der Waals surface area contributed by atoms with E-state index in [1.54, 1.807) is 0 Å². The molecule has 0 aromatic heterocycles. The van der Waals surface area contributed by atoms with E-state index in [-0.39, 0.29) is 23.3 Å². The van der Waals surface area contributed by atoms with Gasteiger partial charge in [0.25, 0.3) is 0 Å². The van der Waals surface area contributed by atoms with Crippen LogP contribution < -0.4 is 5.32 Å². The Bertz CT molecular complexity index is 554. The van der Waals surface area contributed by atoms with Crippen LogP contribution in [-0.2, 0) is 0 Å². The number of rotatable bonds is 4. The largest absolute Gasteiger partial charge is 0.303 e. The lowest BCUT2D eigenvalue weighted by atomic mass is 9.81. The fourth-order valence-corrected chi connectivity index (χ4v) is 2.59. The molecule has 0 saturated carbocycles. The van der Waals surface area contributed by atoms with Crippen molar-refractivity contribution in [3.8, 4) is 0 Å². The van der Waals surface area contributed by atoms with Gasteiger partial charge in [0.15, 0.2) is 0 Å². The molecule has 0 spiro atoms. The highest BCUT2D eigenvalue weighted by atomic mass is 19.1. The fraction of sp³-hybridized carbons (Fsp3) is 0.368. The molecule has 2 heteroatoms. The van der Waals surface area contributed by atoms with Gasteiger partial charge < -0.3 is 5.32 Å². The van der Waals surface area contributed by atoms with Crippen LogP contribution in [0, 0.1) is 11.2 Å². The van der Waals surface area contributed by atoms with Gasteiger partial charge in [-0.05, 0) is 35.6 Å². The van der Waals surface area contributed by atoms with Gasteiger partial charge in [0.1, 0.15) is 5.82 Å². The number of nitrogens with one attached hydrogen (secondary N) is 1. The first kappa shape index (κ1) is 15.7. The van der Waals surface area contributed by atoms with Crippen molar-refractivity contribution in [1.29, 1.82) is 0 Å². The van der Waals surface area contributed by atoms with E-state index in [4.69, 9.17) is 0 Å². The summed E-state index contributed by atoms with van der Waals surface area (Å²) in [4.78, 5) is 0. The molecule has 0 heterocycles. The van der Waals surface area contributed by atoms with E-state index in [9.17, 15) is 4.39 Å². The number of hydrogen-bond acceptors (Lipinski definition) is 1. The molecule has 0 bridgehead atoms. The summed E-state index contributed by atoms with van der Waals surface area (Å²) in [5.74, 6) is -0.192. The van der Waals surface area contributed by atoms with Crippen LogP contribution in [0.3, 0.4) is 0 Å². The third-order valence-electron chi connectivity index (χ3n) is 3.79. The van der Waals surface area contributed by atoms with E-state index in [1.807, 2.05) is 18.2 Å². The number of benzene rings is 2. The van der Waals surface area contributed by atoms with Crippen molar-refractivity contribution >= 4 is 0 Å².